The lowest BCUT2D eigenvalue weighted by Gasteiger charge is -2.30. The van der Waals surface area contributed by atoms with Crippen LogP contribution in [0, 0.1) is 0 Å². The number of hydrogen-bond donors (Lipinski definition) is 2. The molecule has 0 saturated heterocycles. The molecular formula is C15H21ClN2O. The molecule has 0 spiro atoms. The van der Waals surface area contributed by atoms with Crippen molar-refractivity contribution >= 4 is 12.4 Å². The average Bonchev–Trinajstić information content (AvgIpc) is 2.35. The molecule has 0 bridgehead atoms. The van der Waals surface area contributed by atoms with Gasteiger partial charge in [0.05, 0.1) is 7.11 Å². The zero-order valence-corrected chi connectivity index (χ0v) is 12.2. The second-order valence-corrected chi connectivity index (χ2v) is 4.97. The molecule has 0 radical (unpaired) electrons. The number of ether oxygens (including phenoxy) is 1. The maximum atomic E-state index is 6.44. The molecule has 3 nitrogen and oxygen atoms in total. The smallest absolute Gasteiger partial charge is 0.122 e. The Morgan fingerprint density at radius 1 is 1.32 bits per heavy atom. The number of para-hydroxylation sites is 1. The predicted molar refractivity (Wildman–Crippen MR) is 81.5 cm³/mol. The van der Waals surface area contributed by atoms with E-state index in [4.69, 9.17) is 16.2 Å². The summed E-state index contributed by atoms with van der Waals surface area (Å²) in [7, 11) is 1.68. The van der Waals surface area contributed by atoms with Crippen molar-refractivity contribution in [3.63, 3.8) is 0 Å². The summed E-state index contributed by atoms with van der Waals surface area (Å²) < 4.78 is 5.36. The Balaban J connectivity index is 0.00000180. The zero-order valence-electron chi connectivity index (χ0n) is 11.3. The fourth-order valence-corrected chi connectivity index (χ4v) is 2.38. The minimum atomic E-state index is -0.373. The molecule has 1 aromatic rings. The summed E-state index contributed by atoms with van der Waals surface area (Å²) in [5.74, 6) is 0.885. The molecule has 104 valence electrons. The van der Waals surface area contributed by atoms with E-state index in [1.165, 1.54) is 0 Å². The first-order valence-corrected chi connectivity index (χ1v) is 6.09. The van der Waals surface area contributed by atoms with E-state index >= 15 is 0 Å². The molecule has 1 atom stereocenters. The topological polar surface area (TPSA) is 61.3 Å². The number of benzene rings is 1. The molecule has 0 saturated carbocycles. The maximum Gasteiger partial charge on any atom is 0.122 e. The van der Waals surface area contributed by atoms with E-state index in [1.54, 1.807) is 7.11 Å². The van der Waals surface area contributed by atoms with Crippen LogP contribution in [-0.2, 0) is 6.42 Å². The van der Waals surface area contributed by atoms with Crippen molar-refractivity contribution in [1.29, 1.82) is 0 Å². The van der Waals surface area contributed by atoms with Crippen LogP contribution in [0.2, 0.25) is 0 Å². The van der Waals surface area contributed by atoms with E-state index in [-0.39, 0.29) is 17.9 Å². The Labute approximate surface area is 120 Å². The Morgan fingerprint density at radius 3 is 2.63 bits per heavy atom. The molecule has 4 heteroatoms. The van der Waals surface area contributed by atoms with Crippen LogP contribution in [0.4, 0.5) is 0 Å². The summed E-state index contributed by atoms with van der Waals surface area (Å²) in [6, 6.07) is 7.98. The van der Waals surface area contributed by atoms with E-state index in [9.17, 15) is 0 Å². The zero-order chi connectivity index (χ0) is 13.2. The second-order valence-electron chi connectivity index (χ2n) is 4.97. The molecule has 0 fully saturated rings. The highest BCUT2D eigenvalue weighted by Crippen LogP contribution is 2.29. The van der Waals surface area contributed by atoms with Gasteiger partial charge in [0.15, 0.2) is 0 Å². The molecule has 1 unspecified atom stereocenters. The Hall–Kier alpha value is -1.45. The Morgan fingerprint density at radius 2 is 2.00 bits per heavy atom. The SMILES string of the molecule is COc1ccccc1CC1(N)C=CC(N)=C(C)C1.Cl. The van der Waals surface area contributed by atoms with Crippen molar-refractivity contribution in [1.82, 2.24) is 0 Å². The van der Waals surface area contributed by atoms with Gasteiger partial charge in [0, 0.05) is 11.2 Å². The van der Waals surface area contributed by atoms with Gasteiger partial charge in [-0.05, 0) is 43.0 Å². The molecule has 1 aliphatic rings. The molecule has 0 aliphatic heterocycles. The summed E-state index contributed by atoms with van der Waals surface area (Å²) in [5.41, 5.74) is 15.0. The monoisotopic (exact) mass is 280 g/mol. The molecule has 19 heavy (non-hydrogen) atoms. The summed E-state index contributed by atoms with van der Waals surface area (Å²) in [6.07, 6.45) is 5.45. The van der Waals surface area contributed by atoms with Crippen LogP contribution in [0.3, 0.4) is 0 Å². The minimum absolute atomic E-state index is 0. The summed E-state index contributed by atoms with van der Waals surface area (Å²) in [5, 5.41) is 0. The fourth-order valence-electron chi connectivity index (χ4n) is 2.38. The molecule has 2 rings (SSSR count). The second kappa shape index (κ2) is 6.13. The number of hydrogen-bond acceptors (Lipinski definition) is 3. The van der Waals surface area contributed by atoms with Gasteiger partial charge in [-0.3, -0.25) is 0 Å². The van der Waals surface area contributed by atoms with Crippen molar-refractivity contribution in [2.24, 2.45) is 11.5 Å². The Kier molecular flexibility index (Phi) is 5.04. The molecule has 0 heterocycles. The third-order valence-corrected chi connectivity index (χ3v) is 3.39. The average molecular weight is 281 g/mol. The van der Waals surface area contributed by atoms with E-state index < -0.39 is 0 Å². The third kappa shape index (κ3) is 3.52. The maximum absolute atomic E-state index is 6.44. The molecule has 0 aromatic heterocycles. The predicted octanol–water partition coefficient (Wildman–Crippen LogP) is 2.55. The third-order valence-electron chi connectivity index (χ3n) is 3.39. The number of methoxy groups -OCH3 is 1. The van der Waals surface area contributed by atoms with Crippen molar-refractivity contribution < 1.29 is 4.74 Å². The highest BCUT2D eigenvalue weighted by Gasteiger charge is 2.27. The van der Waals surface area contributed by atoms with Crippen LogP contribution in [0.1, 0.15) is 18.9 Å². The lowest BCUT2D eigenvalue weighted by Crippen LogP contribution is -2.42. The van der Waals surface area contributed by atoms with Crippen LogP contribution < -0.4 is 16.2 Å². The van der Waals surface area contributed by atoms with E-state index in [0.29, 0.717) is 0 Å². The molecule has 1 aliphatic carbocycles. The quantitative estimate of drug-likeness (QED) is 0.894. The van der Waals surface area contributed by atoms with Crippen LogP contribution in [0.15, 0.2) is 47.7 Å². The molecular weight excluding hydrogens is 260 g/mol. The molecule has 0 amide bonds. The molecule has 4 N–H and O–H groups in total. The van der Waals surface area contributed by atoms with Gasteiger partial charge in [0.2, 0.25) is 0 Å². The van der Waals surface area contributed by atoms with Crippen molar-refractivity contribution in [3.8, 4) is 5.75 Å². The van der Waals surface area contributed by atoms with Gasteiger partial charge < -0.3 is 16.2 Å². The highest BCUT2D eigenvalue weighted by atomic mass is 35.5. The number of halogens is 1. The first kappa shape index (κ1) is 15.6. The molecule has 1 aromatic carbocycles. The van der Waals surface area contributed by atoms with Gasteiger partial charge in [-0.25, -0.2) is 0 Å². The van der Waals surface area contributed by atoms with Crippen LogP contribution >= 0.6 is 12.4 Å². The summed E-state index contributed by atoms with van der Waals surface area (Å²) in [4.78, 5) is 0. The van der Waals surface area contributed by atoms with Crippen molar-refractivity contribution in [2.75, 3.05) is 7.11 Å². The van der Waals surface area contributed by atoms with Gasteiger partial charge >= 0.3 is 0 Å². The number of nitrogens with two attached hydrogens (primary N) is 2. The van der Waals surface area contributed by atoms with Crippen molar-refractivity contribution in [2.45, 2.75) is 25.3 Å². The van der Waals surface area contributed by atoms with Gasteiger partial charge in [0.25, 0.3) is 0 Å². The number of allylic oxidation sites excluding steroid dienone is 1. The van der Waals surface area contributed by atoms with Crippen LogP contribution in [0.25, 0.3) is 0 Å². The normalized spacial score (nSPS) is 22.1. The van der Waals surface area contributed by atoms with Gasteiger partial charge in [-0.15, -0.1) is 12.4 Å². The minimum Gasteiger partial charge on any atom is -0.496 e. The van der Waals surface area contributed by atoms with Gasteiger partial charge in [-0.2, -0.15) is 0 Å². The summed E-state index contributed by atoms with van der Waals surface area (Å²) >= 11 is 0. The van der Waals surface area contributed by atoms with E-state index in [0.717, 1.165) is 35.4 Å². The first-order valence-electron chi connectivity index (χ1n) is 6.09. The lowest BCUT2D eigenvalue weighted by molar-refractivity contribution is 0.402. The van der Waals surface area contributed by atoms with Crippen molar-refractivity contribution in [3.05, 3.63) is 53.3 Å². The standard InChI is InChI=1S/C15H20N2O.ClH/c1-11-9-15(17,8-7-13(11)16)10-12-5-3-4-6-14(12)18-2;/h3-8H,9-10,16-17H2,1-2H3;1H. The number of rotatable bonds is 3. The Bertz CT molecular complexity index is 511. The van der Waals surface area contributed by atoms with Gasteiger partial charge in [-0.1, -0.05) is 24.3 Å². The van der Waals surface area contributed by atoms with E-state index in [2.05, 4.69) is 6.07 Å². The van der Waals surface area contributed by atoms with E-state index in [1.807, 2.05) is 37.3 Å². The fraction of sp³-hybridized carbons (Fsp3) is 0.333. The van der Waals surface area contributed by atoms with Gasteiger partial charge in [0.1, 0.15) is 5.75 Å². The highest BCUT2D eigenvalue weighted by molar-refractivity contribution is 5.85. The van der Waals surface area contributed by atoms with Crippen LogP contribution in [0.5, 0.6) is 5.75 Å². The van der Waals surface area contributed by atoms with Crippen LogP contribution in [-0.4, -0.2) is 12.6 Å². The largest absolute Gasteiger partial charge is 0.496 e. The summed E-state index contributed by atoms with van der Waals surface area (Å²) in [6.45, 7) is 2.03. The first-order chi connectivity index (χ1) is 8.54. The lowest BCUT2D eigenvalue weighted by atomic mass is 9.82.